The molecular weight excluding hydrogens is 328 g/mol. The van der Waals surface area contributed by atoms with E-state index in [0.29, 0.717) is 31.5 Å². The van der Waals surface area contributed by atoms with Gasteiger partial charge in [0, 0.05) is 31.6 Å². The van der Waals surface area contributed by atoms with E-state index in [9.17, 15) is 18.0 Å². The van der Waals surface area contributed by atoms with Gasteiger partial charge in [-0.3, -0.25) is 4.79 Å². The quantitative estimate of drug-likeness (QED) is 0.875. The molecule has 1 aromatic rings. The number of aromatic carboxylic acids is 1. The molecule has 2 heterocycles. The van der Waals surface area contributed by atoms with Crippen LogP contribution >= 0.6 is 11.3 Å². The van der Waals surface area contributed by atoms with Crippen LogP contribution in [0.4, 0.5) is 0 Å². The molecule has 1 fully saturated rings. The Labute approximate surface area is 133 Å². The number of hydrogen-bond donors (Lipinski definition) is 1. The van der Waals surface area contributed by atoms with Crippen molar-refractivity contribution in [2.75, 3.05) is 26.4 Å². The van der Waals surface area contributed by atoms with Crippen molar-refractivity contribution in [3.8, 4) is 0 Å². The summed E-state index contributed by atoms with van der Waals surface area (Å²) in [5.41, 5.74) is 0.357. The van der Waals surface area contributed by atoms with Crippen LogP contribution < -0.4 is 0 Å². The van der Waals surface area contributed by atoms with Crippen LogP contribution in [0.15, 0.2) is 11.4 Å². The van der Waals surface area contributed by atoms with Crippen LogP contribution in [0.25, 0.3) is 0 Å². The first-order valence-corrected chi connectivity index (χ1v) is 9.47. The Bertz CT molecular complexity index is 674. The lowest BCUT2D eigenvalue weighted by atomic mass is 10.0. The van der Waals surface area contributed by atoms with Crippen molar-refractivity contribution in [1.82, 2.24) is 9.21 Å². The molecule has 0 radical (unpaired) electrons. The molecule has 1 amide bonds. The second-order valence-electron chi connectivity index (χ2n) is 5.31. The predicted molar refractivity (Wildman–Crippen MR) is 82.8 cm³/mol. The van der Waals surface area contributed by atoms with E-state index in [1.807, 2.05) is 0 Å². The Kier molecular flexibility index (Phi) is 4.88. The minimum Gasteiger partial charge on any atom is -0.477 e. The van der Waals surface area contributed by atoms with Crippen LogP contribution in [0.3, 0.4) is 0 Å². The van der Waals surface area contributed by atoms with E-state index < -0.39 is 16.0 Å². The van der Waals surface area contributed by atoms with Gasteiger partial charge in [-0.1, -0.05) is 0 Å². The average molecular weight is 346 g/mol. The second-order valence-corrected chi connectivity index (χ2v) is 8.21. The fraction of sp³-hybridized carbons (Fsp3) is 0.538. The van der Waals surface area contributed by atoms with Crippen molar-refractivity contribution in [2.24, 2.45) is 0 Å². The molecule has 0 saturated carbocycles. The Morgan fingerprint density at radius 1 is 1.36 bits per heavy atom. The monoisotopic (exact) mass is 346 g/mol. The topological polar surface area (TPSA) is 95.0 Å². The molecule has 1 N–H and O–H groups in total. The van der Waals surface area contributed by atoms with E-state index in [2.05, 4.69) is 0 Å². The number of sulfonamides is 1. The molecule has 9 heteroatoms. The van der Waals surface area contributed by atoms with Crippen molar-refractivity contribution < 1.29 is 23.1 Å². The van der Waals surface area contributed by atoms with E-state index in [1.165, 1.54) is 22.0 Å². The van der Waals surface area contributed by atoms with Crippen molar-refractivity contribution in [1.29, 1.82) is 0 Å². The summed E-state index contributed by atoms with van der Waals surface area (Å²) in [6.07, 6.45) is 2.33. The van der Waals surface area contributed by atoms with Crippen molar-refractivity contribution in [3.63, 3.8) is 0 Å². The van der Waals surface area contributed by atoms with Crippen LogP contribution in [-0.2, 0) is 10.0 Å². The van der Waals surface area contributed by atoms with Gasteiger partial charge in [-0.25, -0.2) is 17.5 Å². The lowest BCUT2D eigenvalue weighted by Gasteiger charge is -2.35. The summed E-state index contributed by atoms with van der Waals surface area (Å²) in [6.45, 7) is 0.788. The van der Waals surface area contributed by atoms with Gasteiger partial charge in [0.15, 0.2) is 0 Å². The molecule has 1 saturated heterocycles. The molecule has 7 nitrogen and oxygen atoms in total. The first kappa shape index (κ1) is 16.9. The normalized spacial score (nSPS) is 17.4. The van der Waals surface area contributed by atoms with Gasteiger partial charge in [0.1, 0.15) is 4.88 Å². The number of carboxylic acids is 1. The molecule has 0 atom stereocenters. The number of amides is 1. The van der Waals surface area contributed by atoms with Gasteiger partial charge in [-0.05, 0) is 18.9 Å². The summed E-state index contributed by atoms with van der Waals surface area (Å²) in [4.78, 5) is 24.9. The van der Waals surface area contributed by atoms with E-state index in [-0.39, 0.29) is 16.8 Å². The molecule has 1 aliphatic rings. The highest BCUT2D eigenvalue weighted by molar-refractivity contribution is 7.88. The summed E-state index contributed by atoms with van der Waals surface area (Å²) >= 11 is 1.02. The van der Waals surface area contributed by atoms with Crippen molar-refractivity contribution in [2.45, 2.75) is 18.9 Å². The fourth-order valence-corrected chi connectivity index (χ4v) is 4.08. The Hall–Kier alpha value is -1.45. The fourth-order valence-electron chi connectivity index (χ4n) is 2.49. The lowest BCUT2D eigenvalue weighted by Crippen LogP contribution is -2.46. The Morgan fingerprint density at radius 3 is 2.41 bits per heavy atom. The SMILES string of the molecule is CN(C(=O)c1csc(C(=O)O)c1)C1CCN(S(C)(=O)=O)CC1. The zero-order valence-electron chi connectivity index (χ0n) is 12.4. The maximum atomic E-state index is 12.4. The van der Waals surface area contributed by atoms with Gasteiger partial charge in [0.05, 0.1) is 11.8 Å². The maximum Gasteiger partial charge on any atom is 0.345 e. The smallest absolute Gasteiger partial charge is 0.345 e. The summed E-state index contributed by atoms with van der Waals surface area (Å²) in [5, 5.41) is 10.4. The largest absolute Gasteiger partial charge is 0.477 e. The Balaban J connectivity index is 2.01. The highest BCUT2D eigenvalue weighted by Gasteiger charge is 2.29. The molecular formula is C13H18N2O5S2. The lowest BCUT2D eigenvalue weighted by molar-refractivity contribution is 0.0682. The minimum absolute atomic E-state index is 0.0429. The van der Waals surface area contributed by atoms with Crippen LogP contribution in [-0.4, -0.2) is 67.0 Å². The highest BCUT2D eigenvalue weighted by atomic mass is 32.2. The molecule has 0 bridgehead atoms. The number of thiophene rings is 1. The number of nitrogens with zero attached hydrogens (tertiary/aromatic N) is 2. The molecule has 0 unspecified atom stereocenters. The Morgan fingerprint density at radius 2 is 1.95 bits per heavy atom. The van der Waals surface area contributed by atoms with Gasteiger partial charge in [0.25, 0.3) is 5.91 Å². The highest BCUT2D eigenvalue weighted by Crippen LogP contribution is 2.21. The molecule has 0 aliphatic carbocycles. The van der Waals surface area contributed by atoms with Crippen LogP contribution in [0.1, 0.15) is 32.9 Å². The number of carbonyl (C=O) groups is 2. The number of carbonyl (C=O) groups excluding carboxylic acids is 1. The maximum absolute atomic E-state index is 12.4. The number of piperidine rings is 1. The van der Waals surface area contributed by atoms with E-state index >= 15 is 0 Å². The second kappa shape index (κ2) is 6.35. The minimum atomic E-state index is -3.19. The van der Waals surface area contributed by atoms with Gasteiger partial charge in [0.2, 0.25) is 10.0 Å². The summed E-state index contributed by atoms with van der Waals surface area (Å²) in [6, 6.07) is 1.33. The number of carboxylic acid groups (broad SMARTS) is 1. The van der Waals surface area contributed by atoms with Gasteiger partial charge < -0.3 is 10.0 Å². The van der Waals surface area contributed by atoms with Crippen molar-refractivity contribution in [3.05, 3.63) is 21.9 Å². The number of hydrogen-bond acceptors (Lipinski definition) is 5. The molecule has 0 spiro atoms. The molecule has 22 heavy (non-hydrogen) atoms. The molecule has 0 aromatic carbocycles. The zero-order chi connectivity index (χ0) is 16.5. The van der Waals surface area contributed by atoms with Crippen LogP contribution in [0.5, 0.6) is 0 Å². The third-order valence-corrected chi connectivity index (χ3v) is 6.04. The average Bonchev–Trinajstić information content (AvgIpc) is 2.95. The summed E-state index contributed by atoms with van der Waals surface area (Å²) in [5.74, 6) is -1.28. The zero-order valence-corrected chi connectivity index (χ0v) is 14.0. The van der Waals surface area contributed by atoms with E-state index in [0.717, 1.165) is 11.3 Å². The third kappa shape index (κ3) is 3.65. The molecule has 122 valence electrons. The van der Waals surface area contributed by atoms with Gasteiger partial charge >= 0.3 is 5.97 Å². The van der Waals surface area contributed by atoms with Gasteiger partial charge in [-0.2, -0.15) is 0 Å². The molecule has 2 rings (SSSR count). The first-order valence-electron chi connectivity index (χ1n) is 6.74. The van der Waals surface area contributed by atoms with Crippen molar-refractivity contribution >= 4 is 33.2 Å². The van der Waals surface area contributed by atoms with Crippen LogP contribution in [0, 0.1) is 0 Å². The van der Waals surface area contributed by atoms with Gasteiger partial charge in [-0.15, -0.1) is 11.3 Å². The standard InChI is InChI=1S/C13H18N2O5S2/c1-14(10-3-5-15(6-4-10)22(2,19)20)12(16)9-7-11(13(17)18)21-8-9/h7-8,10H,3-6H2,1-2H3,(H,17,18). The third-order valence-electron chi connectivity index (χ3n) is 3.82. The number of rotatable bonds is 4. The predicted octanol–water partition coefficient (Wildman–Crippen LogP) is 0.942. The molecule has 1 aliphatic heterocycles. The summed E-state index contributed by atoms with van der Waals surface area (Å²) in [7, 11) is -1.52. The van der Waals surface area contributed by atoms with E-state index in [1.54, 1.807) is 11.9 Å². The van der Waals surface area contributed by atoms with E-state index in [4.69, 9.17) is 5.11 Å². The summed E-state index contributed by atoms with van der Waals surface area (Å²) < 4.78 is 24.4. The molecule has 1 aromatic heterocycles. The van der Waals surface area contributed by atoms with Crippen LogP contribution in [0.2, 0.25) is 0 Å². The first-order chi connectivity index (χ1) is 10.2.